The van der Waals surface area contributed by atoms with E-state index in [0.29, 0.717) is 25.3 Å². The van der Waals surface area contributed by atoms with Crippen molar-refractivity contribution in [3.63, 3.8) is 0 Å². The molecule has 0 saturated carbocycles. The average molecular weight is 424 g/mol. The summed E-state index contributed by atoms with van der Waals surface area (Å²) in [5, 5.41) is 5.18. The predicted molar refractivity (Wildman–Crippen MR) is 100 cm³/mol. The summed E-state index contributed by atoms with van der Waals surface area (Å²) in [5.74, 6) is -0.199. The Morgan fingerprint density at radius 2 is 2.00 bits per heavy atom. The Labute approximate surface area is 160 Å². The van der Waals surface area contributed by atoms with Crippen molar-refractivity contribution in [2.75, 3.05) is 20.2 Å². The van der Waals surface area contributed by atoms with E-state index in [1.807, 2.05) is 43.7 Å². The predicted octanol–water partition coefficient (Wildman–Crippen LogP) is 3.45. The van der Waals surface area contributed by atoms with E-state index < -0.39 is 11.6 Å². The van der Waals surface area contributed by atoms with Crippen LogP contribution in [0.5, 0.6) is 0 Å². The van der Waals surface area contributed by atoms with Gasteiger partial charge in [-0.05, 0) is 39.0 Å². The minimum atomic E-state index is -0.497. The number of aromatic nitrogens is 2. The fourth-order valence-corrected chi connectivity index (χ4v) is 3.30. The first-order chi connectivity index (χ1) is 12.2. The third-order valence-corrected chi connectivity index (χ3v) is 4.62. The third-order valence-electron chi connectivity index (χ3n) is 4.13. The van der Waals surface area contributed by atoms with Crippen LogP contribution in [0.15, 0.2) is 22.7 Å². The van der Waals surface area contributed by atoms with Crippen molar-refractivity contribution in [3.05, 3.63) is 28.4 Å². The number of hydrogen-bond donors (Lipinski definition) is 0. The number of carbonyl (C=O) groups is 2. The summed E-state index contributed by atoms with van der Waals surface area (Å²) in [6.07, 6.45) is -0.293. The van der Waals surface area contributed by atoms with Crippen LogP contribution in [-0.2, 0) is 16.0 Å². The molecule has 1 saturated heterocycles. The van der Waals surface area contributed by atoms with Crippen LogP contribution in [0.25, 0.3) is 10.9 Å². The lowest BCUT2D eigenvalue weighted by Crippen LogP contribution is -2.52. The van der Waals surface area contributed by atoms with Gasteiger partial charge in [0, 0.05) is 35.4 Å². The quantitative estimate of drug-likeness (QED) is 0.706. The zero-order valence-corrected chi connectivity index (χ0v) is 16.9. The molecular formula is C18H22BrN3O4. The van der Waals surface area contributed by atoms with Crippen LogP contribution in [0, 0.1) is 5.92 Å². The second-order valence-corrected chi connectivity index (χ2v) is 8.35. The van der Waals surface area contributed by atoms with Gasteiger partial charge in [0.1, 0.15) is 5.60 Å². The number of ether oxygens (including phenoxy) is 2. The lowest BCUT2D eigenvalue weighted by molar-refractivity contribution is -0.00364. The monoisotopic (exact) mass is 423 g/mol. The minimum absolute atomic E-state index is 0.264. The molecular weight excluding hydrogens is 402 g/mol. The van der Waals surface area contributed by atoms with Crippen molar-refractivity contribution in [1.82, 2.24) is 14.7 Å². The average Bonchev–Trinajstić information content (AvgIpc) is 2.85. The largest absolute Gasteiger partial charge is 0.464 e. The number of methoxy groups -OCH3 is 1. The zero-order chi connectivity index (χ0) is 19.1. The second kappa shape index (κ2) is 6.90. The lowest BCUT2D eigenvalue weighted by Gasteiger charge is -2.39. The van der Waals surface area contributed by atoms with E-state index in [4.69, 9.17) is 9.47 Å². The number of hydrogen-bond acceptors (Lipinski definition) is 5. The van der Waals surface area contributed by atoms with Gasteiger partial charge < -0.3 is 14.4 Å². The molecule has 0 bridgehead atoms. The summed E-state index contributed by atoms with van der Waals surface area (Å²) >= 11 is 3.42. The van der Waals surface area contributed by atoms with Crippen LogP contribution in [0.2, 0.25) is 0 Å². The summed E-state index contributed by atoms with van der Waals surface area (Å²) in [4.78, 5) is 25.7. The first-order valence-corrected chi connectivity index (χ1v) is 9.19. The molecule has 7 nitrogen and oxygen atoms in total. The molecule has 1 fully saturated rings. The first-order valence-electron chi connectivity index (χ1n) is 8.40. The van der Waals surface area contributed by atoms with E-state index in [9.17, 15) is 9.59 Å². The molecule has 0 N–H and O–H groups in total. The highest BCUT2D eigenvalue weighted by atomic mass is 79.9. The fourth-order valence-electron chi connectivity index (χ4n) is 2.94. The number of nitrogens with zero attached hydrogens (tertiary/aromatic N) is 3. The molecule has 140 valence electrons. The van der Waals surface area contributed by atoms with E-state index in [0.717, 1.165) is 15.4 Å². The fraction of sp³-hybridized carbons (Fsp3) is 0.500. The SMILES string of the molecule is COC(=O)c1nn(CC2CN(C(=O)OC(C)(C)C)C2)c2ccc(Br)cc12. The van der Waals surface area contributed by atoms with Gasteiger partial charge >= 0.3 is 12.1 Å². The highest BCUT2D eigenvalue weighted by Crippen LogP contribution is 2.27. The minimum Gasteiger partial charge on any atom is -0.464 e. The van der Waals surface area contributed by atoms with Gasteiger partial charge in [0.25, 0.3) is 0 Å². The molecule has 0 aliphatic carbocycles. The van der Waals surface area contributed by atoms with Gasteiger partial charge in [-0.3, -0.25) is 4.68 Å². The summed E-state index contributed by atoms with van der Waals surface area (Å²) < 4.78 is 12.9. The zero-order valence-electron chi connectivity index (χ0n) is 15.3. The maximum Gasteiger partial charge on any atom is 0.410 e. The van der Waals surface area contributed by atoms with E-state index >= 15 is 0 Å². The number of esters is 1. The molecule has 1 aliphatic rings. The van der Waals surface area contributed by atoms with Crippen molar-refractivity contribution in [3.8, 4) is 0 Å². The molecule has 0 unspecified atom stereocenters. The molecule has 0 radical (unpaired) electrons. The molecule has 3 rings (SSSR count). The molecule has 26 heavy (non-hydrogen) atoms. The van der Waals surface area contributed by atoms with Gasteiger partial charge in [-0.1, -0.05) is 15.9 Å². The van der Waals surface area contributed by atoms with Crippen LogP contribution in [-0.4, -0.2) is 52.5 Å². The summed E-state index contributed by atoms with van der Waals surface area (Å²) in [6.45, 7) is 7.40. The number of rotatable bonds is 3. The first kappa shape index (κ1) is 18.7. The van der Waals surface area contributed by atoms with Crippen LogP contribution in [0.4, 0.5) is 4.79 Å². The molecule has 1 aromatic heterocycles. The Kier molecular flexibility index (Phi) is 4.96. The maximum atomic E-state index is 12.0. The Bertz CT molecular complexity index is 850. The van der Waals surface area contributed by atoms with Crippen LogP contribution in [0.3, 0.4) is 0 Å². The molecule has 8 heteroatoms. The number of likely N-dealkylation sites (tertiary alicyclic amines) is 1. The molecule has 1 aromatic carbocycles. The van der Waals surface area contributed by atoms with Gasteiger partial charge in [0.2, 0.25) is 0 Å². The number of amides is 1. The van der Waals surface area contributed by atoms with E-state index in [2.05, 4.69) is 21.0 Å². The normalized spacial score (nSPS) is 15.0. The summed E-state index contributed by atoms with van der Waals surface area (Å²) in [6, 6.07) is 5.69. The van der Waals surface area contributed by atoms with Gasteiger partial charge in [0.05, 0.1) is 12.6 Å². The summed E-state index contributed by atoms with van der Waals surface area (Å²) in [5.41, 5.74) is 0.667. The van der Waals surface area contributed by atoms with Gasteiger partial charge in [-0.15, -0.1) is 0 Å². The van der Waals surface area contributed by atoms with Crippen molar-refractivity contribution >= 4 is 38.9 Å². The standard InChI is InChI=1S/C18H22BrN3O4/c1-18(2,3)26-17(24)21-8-11(9-21)10-22-14-6-5-12(19)7-13(14)15(20-22)16(23)25-4/h5-7,11H,8-10H2,1-4H3. The molecule has 1 aliphatic heterocycles. The highest BCUT2D eigenvalue weighted by molar-refractivity contribution is 9.10. The Hall–Kier alpha value is -2.09. The Balaban J connectivity index is 1.73. The molecule has 1 amide bonds. The van der Waals surface area contributed by atoms with Crippen molar-refractivity contribution in [2.45, 2.75) is 32.9 Å². The van der Waals surface area contributed by atoms with Crippen LogP contribution >= 0.6 is 15.9 Å². The molecule has 2 aromatic rings. The van der Waals surface area contributed by atoms with Crippen molar-refractivity contribution < 1.29 is 19.1 Å². The van der Waals surface area contributed by atoms with Gasteiger partial charge in [0.15, 0.2) is 5.69 Å². The number of benzene rings is 1. The Morgan fingerprint density at radius 3 is 2.62 bits per heavy atom. The number of halogens is 1. The maximum absolute atomic E-state index is 12.0. The van der Waals surface area contributed by atoms with Crippen LogP contribution in [0.1, 0.15) is 31.3 Å². The number of carbonyl (C=O) groups excluding carboxylic acids is 2. The van der Waals surface area contributed by atoms with E-state index in [1.165, 1.54) is 7.11 Å². The van der Waals surface area contributed by atoms with Crippen molar-refractivity contribution in [1.29, 1.82) is 0 Å². The second-order valence-electron chi connectivity index (χ2n) is 7.44. The number of fused-ring (bicyclic) bond motifs is 1. The van der Waals surface area contributed by atoms with Crippen molar-refractivity contribution in [2.24, 2.45) is 5.92 Å². The summed E-state index contributed by atoms with van der Waals surface area (Å²) in [7, 11) is 1.34. The topological polar surface area (TPSA) is 73.7 Å². The molecule has 0 spiro atoms. The lowest BCUT2D eigenvalue weighted by atomic mass is 10.0. The van der Waals surface area contributed by atoms with Gasteiger partial charge in [-0.25, -0.2) is 9.59 Å². The van der Waals surface area contributed by atoms with E-state index in [1.54, 1.807) is 4.90 Å². The smallest absolute Gasteiger partial charge is 0.410 e. The molecule has 0 atom stereocenters. The Morgan fingerprint density at radius 1 is 1.31 bits per heavy atom. The molecule has 2 heterocycles. The third kappa shape index (κ3) is 3.85. The van der Waals surface area contributed by atoms with Gasteiger partial charge in [-0.2, -0.15) is 5.10 Å². The van der Waals surface area contributed by atoms with E-state index in [-0.39, 0.29) is 12.0 Å². The highest BCUT2D eigenvalue weighted by Gasteiger charge is 2.34. The van der Waals surface area contributed by atoms with Crippen LogP contribution < -0.4 is 0 Å².